The number of likely N-dealkylation sites (N-methyl/N-ethyl adjacent to an activating group) is 1. The molecule has 1 amide bonds. The zero-order valence-corrected chi connectivity index (χ0v) is 13.7. The fraction of sp³-hybridized carbons (Fsp3) is 0.412. The van der Waals surface area contributed by atoms with Crippen molar-refractivity contribution in [1.29, 1.82) is 0 Å². The summed E-state index contributed by atoms with van der Waals surface area (Å²) in [5.41, 5.74) is 4.57. The zero-order valence-electron chi connectivity index (χ0n) is 13.7. The molecule has 5 nitrogen and oxygen atoms in total. The number of hydrogen-bond acceptors (Lipinski definition) is 3. The first-order valence-corrected chi connectivity index (χ1v) is 7.49. The molecule has 0 spiro atoms. The number of hydrogen-bond donors (Lipinski definition) is 2. The summed E-state index contributed by atoms with van der Waals surface area (Å²) in [6.07, 6.45) is 1.71. The molecule has 1 heterocycles. The van der Waals surface area contributed by atoms with Gasteiger partial charge in [0.15, 0.2) is 0 Å². The van der Waals surface area contributed by atoms with Gasteiger partial charge in [0, 0.05) is 18.4 Å². The maximum Gasteiger partial charge on any atom is 0.234 e. The number of rotatable bonds is 6. The highest BCUT2D eigenvalue weighted by Crippen LogP contribution is 2.18. The number of carbonyl (C=O) groups excluding carboxylic acids is 1. The van der Waals surface area contributed by atoms with Gasteiger partial charge in [-0.05, 0) is 45.0 Å². The maximum absolute atomic E-state index is 12.2. The highest BCUT2D eigenvalue weighted by Gasteiger charge is 2.13. The third-order valence-corrected chi connectivity index (χ3v) is 3.69. The smallest absolute Gasteiger partial charge is 0.234 e. The van der Waals surface area contributed by atoms with Crippen molar-refractivity contribution in [2.24, 2.45) is 0 Å². The highest BCUT2D eigenvalue weighted by molar-refractivity contribution is 5.78. The van der Waals surface area contributed by atoms with E-state index >= 15 is 0 Å². The Labute approximate surface area is 131 Å². The summed E-state index contributed by atoms with van der Waals surface area (Å²) >= 11 is 0. The van der Waals surface area contributed by atoms with Gasteiger partial charge < -0.3 is 5.32 Å². The molecule has 0 bridgehead atoms. The van der Waals surface area contributed by atoms with Crippen molar-refractivity contribution in [2.75, 3.05) is 13.6 Å². The molecule has 0 unspecified atom stereocenters. The Hall–Kier alpha value is -2.14. The van der Waals surface area contributed by atoms with Crippen molar-refractivity contribution < 1.29 is 4.79 Å². The molecule has 2 rings (SSSR count). The highest BCUT2D eigenvalue weighted by atomic mass is 16.2. The van der Waals surface area contributed by atoms with Crippen LogP contribution in [0.15, 0.2) is 30.5 Å². The van der Waals surface area contributed by atoms with E-state index in [0.29, 0.717) is 13.1 Å². The summed E-state index contributed by atoms with van der Waals surface area (Å²) < 4.78 is 0. The Balaban J connectivity index is 1.89. The van der Waals surface area contributed by atoms with E-state index in [1.165, 1.54) is 16.7 Å². The molecular weight excluding hydrogens is 276 g/mol. The lowest BCUT2D eigenvalue weighted by molar-refractivity contribution is -0.122. The third-order valence-electron chi connectivity index (χ3n) is 3.69. The number of aryl methyl sites for hydroxylation is 2. The van der Waals surface area contributed by atoms with Crippen LogP contribution in [0.5, 0.6) is 0 Å². The molecule has 0 saturated carbocycles. The van der Waals surface area contributed by atoms with Gasteiger partial charge in [0.25, 0.3) is 0 Å². The van der Waals surface area contributed by atoms with Crippen molar-refractivity contribution >= 4 is 5.91 Å². The van der Waals surface area contributed by atoms with Crippen LogP contribution in [0.3, 0.4) is 0 Å². The fourth-order valence-electron chi connectivity index (χ4n) is 2.56. The minimum absolute atomic E-state index is 0.00737. The van der Waals surface area contributed by atoms with Crippen molar-refractivity contribution in [3.8, 4) is 0 Å². The summed E-state index contributed by atoms with van der Waals surface area (Å²) in [7, 11) is 1.92. The quantitative estimate of drug-likeness (QED) is 0.861. The minimum Gasteiger partial charge on any atom is -0.348 e. The summed E-state index contributed by atoms with van der Waals surface area (Å²) in [4.78, 5) is 14.1. The monoisotopic (exact) mass is 300 g/mol. The summed E-state index contributed by atoms with van der Waals surface area (Å²) in [5, 5.41) is 9.87. The summed E-state index contributed by atoms with van der Waals surface area (Å²) in [5.74, 6) is 0.0235. The zero-order chi connectivity index (χ0) is 16.1. The Morgan fingerprint density at radius 3 is 2.82 bits per heavy atom. The second kappa shape index (κ2) is 7.22. The molecule has 2 aromatic rings. The summed E-state index contributed by atoms with van der Waals surface area (Å²) in [6, 6.07) is 8.23. The minimum atomic E-state index is 0.00737. The predicted molar refractivity (Wildman–Crippen MR) is 87.4 cm³/mol. The predicted octanol–water partition coefficient (Wildman–Crippen LogP) is 2.34. The molecule has 22 heavy (non-hydrogen) atoms. The molecule has 1 aromatic carbocycles. The molecule has 118 valence electrons. The van der Waals surface area contributed by atoms with Crippen LogP contribution in [0.1, 0.15) is 35.3 Å². The van der Waals surface area contributed by atoms with E-state index in [1.807, 2.05) is 24.9 Å². The number of amides is 1. The van der Waals surface area contributed by atoms with E-state index in [1.54, 1.807) is 6.20 Å². The van der Waals surface area contributed by atoms with Crippen molar-refractivity contribution in [3.63, 3.8) is 0 Å². The van der Waals surface area contributed by atoms with Crippen molar-refractivity contribution in [2.45, 2.75) is 33.4 Å². The van der Waals surface area contributed by atoms with E-state index < -0.39 is 0 Å². The first-order chi connectivity index (χ1) is 10.5. The largest absolute Gasteiger partial charge is 0.348 e. The second-order valence-corrected chi connectivity index (χ2v) is 5.90. The standard InChI is InChI=1S/C17H24N4O/c1-12-5-6-13(2)16(9-12)14(3)19-17(22)11-21(4)10-15-7-8-18-20-15/h5-9,14H,10-11H2,1-4H3,(H,18,20)(H,19,22)/t14-/m1/s1. The Morgan fingerprint density at radius 2 is 2.14 bits per heavy atom. The average molecular weight is 300 g/mol. The van der Waals surface area contributed by atoms with Gasteiger partial charge in [-0.25, -0.2) is 0 Å². The van der Waals surface area contributed by atoms with Gasteiger partial charge in [-0.1, -0.05) is 23.8 Å². The maximum atomic E-state index is 12.2. The molecular formula is C17H24N4O. The molecule has 1 atom stereocenters. The van der Waals surface area contributed by atoms with Gasteiger partial charge >= 0.3 is 0 Å². The molecule has 0 saturated heterocycles. The number of nitrogens with one attached hydrogen (secondary N) is 2. The van der Waals surface area contributed by atoms with Gasteiger partial charge in [-0.2, -0.15) is 5.10 Å². The average Bonchev–Trinajstić information content (AvgIpc) is 2.93. The van der Waals surface area contributed by atoms with Crippen LogP contribution in [-0.2, 0) is 11.3 Å². The number of benzene rings is 1. The topological polar surface area (TPSA) is 61.0 Å². The van der Waals surface area contributed by atoms with E-state index in [2.05, 4.69) is 47.6 Å². The molecule has 0 fully saturated rings. The number of H-pyrrole nitrogens is 1. The molecule has 0 aliphatic heterocycles. The van der Waals surface area contributed by atoms with Crippen LogP contribution >= 0.6 is 0 Å². The lowest BCUT2D eigenvalue weighted by Gasteiger charge is -2.20. The van der Waals surface area contributed by atoms with Crippen molar-refractivity contribution in [1.82, 2.24) is 20.4 Å². The molecule has 0 aliphatic rings. The number of nitrogens with zero attached hydrogens (tertiary/aromatic N) is 2. The van der Waals surface area contributed by atoms with Crippen LogP contribution in [-0.4, -0.2) is 34.6 Å². The first kappa shape index (κ1) is 16.2. The first-order valence-electron chi connectivity index (χ1n) is 7.49. The Bertz CT molecular complexity index is 622. The van der Waals surface area contributed by atoms with E-state index in [9.17, 15) is 4.79 Å². The van der Waals surface area contributed by atoms with Gasteiger partial charge in [0.1, 0.15) is 0 Å². The Morgan fingerprint density at radius 1 is 1.36 bits per heavy atom. The van der Waals surface area contributed by atoms with E-state index in [0.717, 1.165) is 5.69 Å². The van der Waals surface area contributed by atoms with E-state index in [4.69, 9.17) is 0 Å². The Kier molecular flexibility index (Phi) is 5.33. The van der Waals surface area contributed by atoms with Crippen LogP contribution in [0, 0.1) is 13.8 Å². The lowest BCUT2D eigenvalue weighted by Crippen LogP contribution is -2.36. The molecule has 1 aromatic heterocycles. The number of aromatic nitrogens is 2. The van der Waals surface area contributed by atoms with Gasteiger partial charge in [0.2, 0.25) is 5.91 Å². The third kappa shape index (κ3) is 4.43. The van der Waals surface area contributed by atoms with Gasteiger partial charge in [-0.15, -0.1) is 0 Å². The molecule has 5 heteroatoms. The van der Waals surface area contributed by atoms with Crippen molar-refractivity contribution in [3.05, 3.63) is 52.8 Å². The number of aromatic amines is 1. The van der Waals surface area contributed by atoms with Crippen LogP contribution in [0.4, 0.5) is 0 Å². The van der Waals surface area contributed by atoms with Gasteiger partial charge in [0.05, 0.1) is 12.6 Å². The second-order valence-electron chi connectivity index (χ2n) is 5.90. The van der Waals surface area contributed by atoms with Crippen LogP contribution in [0.25, 0.3) is 0 Å². The SMILES string of the molecule is Cc1ccc(C)c([C@@H](C)NC(=O)CN(C)Cc2ccn[nH]2)c1. The summed E-state index contributed by atoms with van der Waals surface area (Å²) in [6.45, 7) is 7.19. The van der Waals surface area contributed by atoms with Crippen LogP contribution in [0.2, 0.25) is 0 Å². The molecule has 0 radical (unpaired) electrons. The molecule has 2 N–H and O–H groups in total. The van der Waals surface area contributed by atoms with Gasteiger partial charge in [-0.3, -0.25) is 14.8 Å². The molecule has 0 aliphatic carbocycles. The van der Waals surface area contributed by atoms with E-state index in [-0.39, 0.29) is 11.9 Å². The normalized spacial score (nSPS) is 12.4. The fourth-order valence-corrected chi connectivity index (χ4v) is 2.56. The number of carbonyl (C=O) groups is 1. The van der Waals surface area contributed by atoms with Crippen LogP contribution < -0.4 is 5.32 Å². The lowest BCUT2D eigenvalue weighted by atomic mass is 10.00.